The first-order valence-corrected chi connectivity index (χ1v) is 4.96. The molecule has 5 nitrogen and oxygen atoms in total. The molecule has 1 aliphatic carbocycles. The first-order chi connectivity index (χ1) is 8.23. The molecular formula is C10H5F3O5. The maximum Gasteiger partial charge on any atom is 0.406 e. The second-order valence-corrected chi connectivity index (χ2v) is 4.44. The molecule has 0 N–H and O–H groups in total. The van der Waals surface area contributed by atoms with Gasteiger partial charge < -0.3 is 9.47 Å². The Morgan fingerprint density at radius 2 is 1.56 bits per heavy atom. The van der Waals surface area contributed by atoms with Crippen molar-refractivity contribution in [1.29, 1.82) is 0 Å². The zero-order chi connectivity index (χ0) is 13.5. The summed E-state index contributed by atoms with van der Waals surface area (Å²) in [6.45, 7) is 3.29. The summed E-state index contributed by atoms with van der Waals surface area (Å²) in [5.74, 6) is -9.05. The molecule has 0 bridgehead atoms. The molecule has 2 heterocycles. The largest absolute Gasteiger partial charge is 0.431 e. The van der Waals surface area contributed by atoms with E-state index in [1.807, 2.05) is 0 Å². The number of hydrogen-bond donors (Lipinski definition) is 0. The molecule has 4 atom stereocenters. The summed E-state index contributed by atoms with van der Waals surface area (Å²) < 4.78 is 47.9. The van der Waals surface area contributed by atoms with Crippen molar-refractivity contribution in [3.8, 4) is 0 Å². The van der Waals surface area contributed by atoms with Crippen LogP contribution in [-0.4, -0.2) is 24.1 Å². The number of esters is 3. The summed E-state index contributed by atoms with van der Waals surface area (Å²) in [4.78, 5) is 34.1. The second kappa shape index (κ2) is 2.76. The molecule has 4 unspecified atom stereocenters. The van der Waals surface area contributed by atoms with Gasteiger partial charge in [-0.2, -0.15) is 13.2 Å². The van der Waals surface area contributed by atoms with E-state index >= 15 is 0 Å². The average molecular weight is 262 g/mol. The third-order valence-corrected chi connectivity index (χ3v) is 3.81. The second-order valence-electron chi connectivity index (χ2n) is 4.44. The Kier molecular flexibility index (Phi) is 1.72. The van der Waals surface area contributed by atoms with Crippen LogP contribution in [-0.2, 0) is 23.9 Å². The van der Waals surface area contributed by atoms with Crippen LogP contribution in [0.1, 0.15) is 0 Å². The highest BCUT2D eigenvalue weighted by Crippen LogP contribution is 2.71. The van der Waals surface area contributed by atoms with Crippen LogP contribution >= 0.6 is 0 Å². The van der Waals surface area contributed by atoms with E-state index in [1.54, 1.807) is 0 Å². The Balaban J connectivity index is 2.20. The molecule has 3 fully saturated rings. The van der Waals surface area contributed by atoms with Gasteiger partial charge in [-0.3, -0.25) is 14.4 Å². The van der Waals surface area contributed by atoms with E-state index in [2.05, 4.69) is 16.1 Å². The third-order valence-electron chi connectivity index (χ3n) is 3.81. The fourth-order valence-corrected chi connectivity index (χ4v) is 3.09. The Morgan fingerprint density at radius 3 is 2.06 bits per heavy atom. The maximum absolute atomic E-state index is 13.1. The molecule has 0 aromatic carbocycles. The maximum atomic E-state index is 13.1. The SMILES string of the molecule is C=C1OC(=O)C2C1C1C(=O)OC(=O)C21C(F)(F)F. The van der Waals surface area contributed by atoms with Gasteiger partial charge >= 0.3 is 24.1 Å². The fraction of sp³-hybridized carbons (Fsp3) is 0.500. The van der Waals surface area contributed by atoms with Crippen LogP contribution in [0.5, 0.6) is 0 Å². The first kappa shape index (κ1) is 11.2. The van der Waals surface area contributed by atoms with Crippen molar-refractivity contribution in [3.63, 3.8) is 0 Å². The number of allylic oxidation sites excluding steroid dienone is 1. The lowest BCUT2D eigenvalue weighted by Crippen LogP contribution is -2.66. The summed E-state index contributed by atoms with van der Waals surface area (Å²) in [7, 11) is 0. The average Bonchev–Trinajstić information content (AvgIpc) is 2.44. The van der Waals surface area contributed by atoms with Crippen LogP contribution in [0.2, 0.25) is 0 Å². The molecule has 0 aromatic rings. The molecular weight excluding hydrogens is 257 g/mol. The van der Waals surface area contributed by atoms with E-state index < -0.39 is 47.3 Å². The van der Waals surface area contributed by atoms with Crippen LogP contribution in [0.3, 0.4) is 0 Å². The Morgan fingerprint density at radius 1 is 1.06 bits per heavy atom. The zero-order valence-electron chi connectivity index (χ0n) is 8.61. The van der Waals surface area contributed by atoms with Crippen molar-refractivity contribution in [1.82, 2.24) is 0 Å². The van der Waals surface area contributed by atoms with E-state index in [4.69, 9.17) is 0 Å². The predicted molar refractivity (Wildman–Crippen MR) is 45.3 cm³/mol. The number of hydrogen-bond acceptors (Lipinski definition) is 5. The summed E-state index contributed by atoms with van der Waals surface area (Å²) in [6, 6.07) is 0. The number of rotatable bonds is 0. The van der Waals surface area contributed by atoms with Crippen LogP contribution in [0.15, 0.2) is 12.3 Å². The number of alkyl halides is 3. The monoisotopic (exact) mass is 262 g/mol. The Hall–Kier alpha value is -1.86. The van der Waals surface area contributed by atoms with E-state index in [9.17, 15) is 27.6 Å². The van der Waals surface area contributed by atoms with E-state index in [0.717, 1.165) is 0 Å². The smallest absolute Gasteiger partial charge is 0.406 e. The molecule has 0 amide bonds. The lowest BCUT2D eigenvalue weighted by molar-refractivity contribution is -0.280. The molecule has 2 aliphatic heterocycles. The van der Waals surface area contributed by atoms with Crippen LogP contribution in [0.4, 0.5) is 13.2 Å². The van der Waals surface area contributed by atoms with Gasteiger partial charge in [0.15, 0.2) is 5.41 Å². The summed E-state index contributed by atoms with van der Waals surface area (Å²) in [5.41, 5.74) is -3.09. The first-order valence-electron chi connectivity index (χ1n) is 4.96. The lowest BCUT2D eigenvalue weighted by atomic mass is 9.47. The van der Waals surface area contributed by atoms with Crippen molar-refractivity contribution >= 4 is 17.9 Å². The normalized spacial score (nSPS) is 42.1. The van der Waals surface area contributed by atoms with Gasteiger partial charge in [-0.15, -0.1) is 0 Å². The summed E-state index contributed by atoms with van der Waals surface area (Å²) in [5, 5.41) is 0. The van der Waals surface area contributed by atoms with Gasteiger partial charge in [-0.1, -0.05) is 6.58 Å². The molecule has 0 aromatic heterocycles. The van der Waals surface area contributed by atoms with Gasteiger partial charge in [-0.05, 0) is 0 Å². The van der Waals surface area contributed by atoms with Gasteiger partial charge in [0.1, 0.15) is 5.76 Å². The number of halogens is 3. The predicted octanol–water partition coefficient (Wildman–Crippen LogP) is 0.551. The number of cyclic esters (lactones) is 3. The van der Waals surface area contributed by atoms with Crippen LogP contribution < -0.4 is 0 Å². The summed E-state index contributed by atoms with van der Waals surface area (Å²) in [6.07, 6.45) is -5.05. The van der Waals surface area contributed by atoms with Crippen molar-refractivity contribution in [2.45, 2.75) is 6.18 Å². The molecule has 8 heteroatoms. The number of fused-ring (bicyclic) bond motifs is 4. The van der Waals surface area contributed by atoms with Gasteiger partial charge in [0.05, 0.1) is 11.8 Å². The highest BCUT2D eigenvalue weighted by atomic mass is 19.4. The lowest BCUT2D eigenvalue weighted by Gasteiger charge is -2.47. The van der Waals surface area contributed by atoms with Crippen molar-refractivity contribution < 1.29 is 37.0 Å². The van der Waals surface area contributed by atoms with Crippen molar-refractivity contribution in [3.05, 3.63) is 12.3 Å². The minimum Gasteiger partial charge on any atom is -0.431 e. The van der Waals surface area contributed by atoms with E-state index in [-0.39, 0.29) is 5.76 Å². The fourth-order valence-electron chi connectivity index (χ4n) is 3.09. The highest BCUT2D eigenvalue weighted by Gasteiger charge is 2.89. The number of ether oxygens (including phenoxy) is 2. The van der Waals surface area contributed by atoms with Gasteiger partial charge in [0.25, 0.3) is 0 Å². The van der Waals surface area contributed by atoms with Gasteiger partial charge in [0.2, 0.25) is 0 Å². The van der Waals surface area contributed by atoms with Crippen LogP contribution in [0.25, 0.3) is 0 Å². The standard InChI is InChI=1S/C10H5F3O5/c1-2-3-4(6(14)17-2)9(10(11,12)13)5(3)7(15)18-8(9)16/h3-5H,1H2. The van der Waals surface area contributed by atoms with E-state index in [0.29, 0.717) is 0 Å². The minimum absolute atomic E-state index is 0.221. The Bertz CT molecular complexity index is 504. The third kappa shape index (κ3) is 0.865. The van der Waals surface area contributed by atoms with Crippen molar-refractivity contribution in [2.75, 3.05) is 0 Å². The van der Waals surface area contributed by atoms with Crippen molar-refractivity contribution in [2.24, 2.45) is 23.2 Å². The van der Waals surface area contributed by atoms with Crippen LogP contribution in [0, 0.1) is 23.2 Å². The number of carbonyl (C=O) groups is 3. The topological polar surface area (TPSA) is 69.7 Å². The molecule has 1 saturated carbocycles. The Labute approximate surface area is 97.5 Å². The highest BCUT2D eigenvalue weighted by molar-refractivity contribution is 6.06. The minimum atomic E-state index is -5.05. The molecule has 18 heavy (non-hydrogen) atoms. The summed E-state index contributed by atoms with van der Waals surface area (Å²) >= 11 is 0. The zero-order valence-corrected chi connectivity index (χ0v) is 8.61. The molecule has 3 aliphatic rings. The van der Waals surface area contributed by atoms with Gasteiger partial charge in [-0.25, -0.2) is 0 Å². The molecule has 2 saturated heterocycles. The molecule has 0 spiro atoms. The quantitative estimate of drug-likeness (QED) is 0.471. The number of carbonyl (C=O) groups excluding carboxylic acids is 3. The van der Waals surface area contributed by atoms with E-state index in [1.165, 1.54) is 0 Å². The molecule has 96 valence electrons. The van der Waals surface area contributed by atoms with Gasteiger partial charge in [0, 0.05) is 5.92 Å². The molecule has 0 radical (unpaired) electrons. The molecule has 3 rings (SSSR count).